The quantitative estimate of drug-likeness (QED) is 0.446. The molecule has 0 aromatic rings. The molecule has 1 heteroatoms. The predicted molar refractivity (Wildman–Crippen MR) is 56.5 cm³/mol. The normalized spacial score (nSPS) is 15.0. The number of rotatable bonds is 3. The summed E-state index contributed by atoms with van der Waals surface area (Å²) in [5.41, 5.74) is 2.27. The molecule has 0 unspecified atom stereocenters. The first kappa shape index (κ1) is 10.9. The lowest BCUT2D eigenvalue weighted by atomic mass is 10.2. The van der Waals surface area contributed by atoms with Crippen molar-refractivity contribution in [1.29, 1.82) is 0 Å². The Kier molecular flexibility index (Phi) is 5.98. The van der Waals surface area contributed by atoms with Gasteiger partial charge in [-0.25, -0.2) is 0 Å². The van der Waals surface area contributed by atoms with Crippen molar-refractivity contribution in [3.05, 3.63) is 35.6 Å². The molecule has 0 bridgehead atoms. The van der Waals surface area contributed by atoms with E-state index in [-0.39, 0.29) is 0 Å². The van der Waals surface area contributed by atoms with Crippen molar-refractivity contribution in [2.45, 2.75) is 27.7 Å². The van der Waals surface area contributed by atoms with Gasteiger partial charge >= 0.3 is 0 Å². The van der Waals surface area contributed by atoms with Gasteiger partial charge in [0.1, 0.15) is 0 Å². The molecular weight excluding hydrogens is 146 g/mol. The summed E-state index contributed by atoms with van der Waals surface area (Å²) in [6.07, 6.45) is 9.77. The van der Waals surface area contributed by atoms with Crippen molar-refractivity contribution in [1.82, 2.24) is 0 Å². The monoisotopic (exact) mass is 163 g/mol. The number of hydrogen-bond donors (Lipinski definition) is 0. The Labute approximate surface area is 75.2 Å². The van der Waals surface area contributed by atoms with Gasteiger partial charge in [-0.15, -0.1) is 0 Å². The van der Waals surface area contributed by atoms with Crippen LogP contribution in [0.3, 0.4) is 0 Å². The van der Waals surface area contributed by atoms with Crippen molar-refractivity contribution in [2.24, 2.45) is 4.99 Å². The van der Waals surface area contributed by atoms with Crippen LogP contribution in [0.25, 0.3) is 0 Å². The lowest BCUT2D eigenvalue weighted by Gasteiger charge is -1.94. The lowest BCUT2D eigenvalue weighted by Crippen LogP contribution is -1.76. The van der Waals surface area contributed by atoms with E-state index in [4.69, 9.17) is 0 Å². The van der Waals surface area contributed by atoms with E-state index < -0.39 is 0 Å². The van der Waals surface area contributed by atoms with Crippen molar-refractivity contribution >= 4 is 6.21 Å². The zero-order valence-electron chi connectivity index (χ0n) is 8.33. The third-order valence-electron chi connectivity index (χ3n) is 1.53. The number of nitrogens with zero attached hydrogens (tertiary/aromatic N) is 1. The van der Waals surface area contributed by atoms with E-state index in [9.17, 15) is 0 Å². The molecule has 1 nitrogen and oxygen atoms in total. The Bertz CT molecular complexity index is 229. The maximum Gasteiger partial charge on any atom is 0.0401 e. The van der Waals surface area contributed by atoms with E-state index in [2.05, 4.69) is 18.0 Å². The maximum absolute atomic E-state index is 4.25. The molecule has 0 atom stereocenters. The standard InChI is InChI=1S/C11H17N/c1-5-7-9-12-11(4)10(3)8-6-2/h5-9H,1-4H3/b7-5-,8-6+,11-10-,12-9-. The third-order valence-corrected chi connectivity index (χ3v) is 1.53. The second kappa shape index (κ2) is 6.59. The Morgan fingerprint density at radius 1 is 1.08 bits per heavy atom. The van der Waals surface area contributed by atoms with E-state index >= 15 is 0 Å². The van der Waals surface area contributed by atoms with Gasteiger partial charge in [-0.05, 0) is 39.3 Å². The largest absolute Gasteiger partial charge is 0.261 e. The summed E-state index contributed by atoms with van der Waals surface area (Å²) in [6, 6.07) is 0. The zero-order valence-corrected chi connectivity index (χ0v) is 8.33. The van der Waals surface area contributed by atoms with Crippen LogP contribution in [-0.4, -0.2) is 6.21 Å². The Balaban J connectivity index is 4.35. The first-order valence-electron chi connectivity index (χ1n) is 4.18. The SMILES string of the molecule is C\C=C/C=N\C(C)=C(C)/C=C/C. The first-order chi connectivity index (χ1) is 5.72. The fourth-order valence-corrected chi connectivity index (χ4v) is 0.713. The number of allylic oxidation sites excluding steroid dienone is 6. The third kappa shape index (κ3) is 4.67. The molecule has 0 saturated carbocycles. The van der Waals surface area contributed by atoms with E-state index in [1.807, 2.05) is 45.2 Å². The highest BCUT2D eigenvalue weighted by Gasteiger charge is 1.86. The van der Waals surface area contributed by atoms with Crippen molar-refractivity contribution in [3.63, 3.8) is 0 Å². The average Bonchev–Trinajstić information content (AvgIpc) is 2.05. The van der Waals surface area contributed by atoms with Gasteiger partial charge in [0.2, 0.25) is 0 Å². The Morgan fingerprint density at radius 2 is 1.75 bits per heavy atom. The van der Waals surface area contributed by atoms with Gasteiger partial charge in [-0.2, -0.15) is 0 Å². The zero-order chi connectivity index (χ0) is 9.40. The van der Waals surface area contributed by atoms with Gasteiger partial charge in [0.25, 0.3) is 0 Å². The van der Waals surface area contributed by atoms with Gasteiger partial charge in [-0.3, -0.25) is 4.99 Å². The Morgan fingerprint density at radius 3 is 2.25 bits per heavy atom. The summed E-state index contributed by atoms with van der Waals surface area (Å²) in [5.74, 6) is 0. The summed E-state index contributed by atoms with van der Waals surface area (Å²) in [4.78, 5) is 4.25. The molecule has 0 radical (unpaired) electrons. The van der Waals surface area contributed by atoms with Gasteiger partial charge in [-0.1, -0.05) is 18.2 Å². The van der Waals surface area contributed by atoms with E-state index in [0.29, 0.717) is 0 Å². The maximum atomic E-state index is 4.25. The van der Waals surface area contributed by atoms with Crippen LogP contribution in [0, 0.1) is 0 Å². The van der Waals surface area contributed by atoms with Crippen molar-refractivity contribution in [3.8, 4) is 0 Å². The van der Waals surface area contributed by atoms with Crippen LogP contribution in [0.5, 0.6) is 0 Å². The van der Waals surface area contributed by atoms with Crippen molar-refractivity contribution in [2.75, 3.05) is 0 Å². The van der Waals surface area contributed by atoms with E-state index in [1.54, 1.807) is 0 Å². The molecule has 0 aliphatic heterocycles. The summed E-state index contributed by atoms with van der Waals surface area (Å²) in [5, 5.41) is 0. The fraction of sp³-hybridized carbons (Fsp3) is 0.364. The molecule has 0 rings (SSSR count). The minimum absolute atomic E-state index is 1.06. The molecule has 0 N–H and O–H groups in total. The second-order valence-electron chi connectivity index (χ2n) is 2.57. The molecule has 0 aliphatic carbocycles. The first-order valence-corrected chi connectivity index (χ1v) is 4.18. The van der Waals surface area contributed by atoms with Crippen LogP contribution in [0.4, 0.5) is 0 Å². The highest BCUT2D eigenvalue weighted by Crippen LogP contribution is 2.05. The molecule has 0 aromatic carbocycles. The summed E-state index contributed by atoms with van der Waals surface area (Å²) in [7, 11) is 0. The smallest absolute Gasteiger partial charge is 0.0401 e. The molecule has 0 saturated heterocycles. The highest BCUT2D eigenvalue weighted by atomic mass is 14.7. The summed E-state index contributed by atoms with van der Waals surface area (Å²) in [6.45, 7) is 8.05. The number of hydrogen-bond acceptors (Lipinski definition) is 1. The molecule has 12 heavy (non-hydrogen) atoms. The minimum atomic E-state index is 1.06. The van der Waals surface area contributed by atoms with E-state index in [0.717, 1.165) is 5.70 Å². The van der Waals surface area contributed by atoms with Crippen molar-refractivity contribution < 1.29 is 0 Å². The van der Waals surface area contributed by atoms with Crippen LogP contribution < -0.4 is 0 Å². The van der Waals surface area contributed by atoms with Gasteiger partial charge < -0.3 is 0 Å². The number of aliphatic imine (C=N–C) groups is 1. The van der Waals surface area contributed by atoms with Crippen LogP contribution in [0.15, 0.2) is 40.6 Å². The average molecular weight is 163 g/mol. The topological polar surface area (TPSA) is 12.4 Å². The molecule has 0 aliphatic rings. The molecule has 0 spiro atoms. The molecule has 0 amide bonds. The Hall–Kier alpha value is -1.11. The van der Waals surface area contributed by atoms with Crippen LogP contribution in [0.2, 0.25) is 0 Å². The fourth-order valence-electron chi connectivity index (χ4n) is 0.713. The molecular formula is C11H17N. The molecule has 66 valence electrons. The molecule has 0 fully saturated rings. The molecule has 0 heterocycles. The second-order valence-corrected chi connectivity index (χ2v) is 2.57. The van der Waals surface area contributed by atoms with Crippen LogP contribution >= 0.6 is 0 Å². The van der Waals surface area contributed by atoms with Gasteiger partial charge in [0, 0.05) is 11.9 Å². The van der Waals surface area contributed by atoms with Crippen LogP contribution in [-0.2, 0) is 0 Å². The van der Waals surface area contributed by atoms with Gasteiger partial charge in [0.15, 0.2) is 0 Å². The summed E-state index contributed by atoms with van der Waals surface area (Å²) >= 11 is 0. The van der Waals surface area contributed by atoms with Gasteiger partial charge in [0.05, 0.1) is 0 Å². The highest BCUT2D eigenvalue weighted by molar-refractivity contribution is 5.72. The lowest BCUT2D eigenvalue weighted by molar-refractivity contribution is 1.24. The minimum Gasteiger partial charge on any atom is -0.261 e. The predicted octanol–water partition coefficient (Wildman–Crippen LogP) is 3.50. The van der Waals surface area contributed by atoms with Crippen LogP contribution in [0.1, 0.15) is 27.7 Å². The van der Waals surface area contributed by atoms with E-state index in [1.165, 1.54) is 5.57 Å². The molecule has 0 aromatic heterocycles. The summed E-state index contributed by atoms with van der Waals surface area (Å²) < 4.78 is 0.